The number of methoxy groups -OCH3 is 1. The fourth-order valence-corrected chi connectivity index (χ4v) is 5.40. The molecule has 3 aromatic carbocycles. The van der Waals surface area contributed by atoms with E-state index in [0.29, 0.717) is 42.7 Å². The SMILES string of the molecule is [CH2-]CN(CCOC)CC(O)COc1ccc(C(CC(=O)Nc2ccc(F)cc2)c2[nH]c3ccc(Cl)cc3c2CCC)cc1.[CH3-].[U+2]. The maximum absolute atomic E-state index is 13.4. The van der Waals surface area contributed by atoms with Gasteiger partial charge in [0.15, 0.2) is 0 Å². The Hall–Kier alpha value is -2.38. The van der Waals surface area contributed by atoms with Gasteiger partial charge in [0.1, 0.15) is 24.3 Å². The average molecular weight is 862 g/mol. The fourth-order valence-electron chi connectivity index (χ4n) is 5.23. The number of ether oxygens (including phenoxy) is 2. The van der Waals surface area contributed by atoms with Crippen LogP contribution in [0.15, 0.2) is 66.7 Å². The van der Waals surface area contributed by atoms with Crippen LogP contribution in [0.1, 0.15) is 42.5 Å². The summed E-state index contributed by atoms with van der Waals surface area (Å²) in [6.45, 7) is 8.41. The fraction of sp³-hybridized carbons (Fsp3) is 0.343. The number of nitrogens with one attached hydrogen (secondary N) is 2. The second kappa shape index (κ2) is 19.3. The summed E-state index contributed by atoms with van der Waals surface area (Å²) >= 11 is 6.36. The van der Waals surface area contributed by atoms with Crippen molar-refractivity contribution in [3.63, 3.8) is 0 Å². The van der Waals surface area contributed by atoms with Gasteiger partial charge in [0.25, 0.3) is 0 Å². The minimum absolute atomic E-state index is 0. The maximum atomic E-state index is 13.4. The molecule has 3 N–H and O–H groups in total. The first-order valence-electron chi connectivity index (χ1n) is 14.6. The van der Waals surface area contributed by atoms with E-state index in [2.05, 4.69) is 24.1 Å². The molecule has 10 heteroatoms. The number of aromatic amines is 1. The van der Waals surface area contributed by atoms with E-state index in [9.17, 15) is 14.3 Å². The predicted molar refractivity (Wildman–Crippen MR) is 177 cm³/mol. The minimum Gasteiger partial charge on any atom is -0.491 e. The monoisotopic (exact) mass is 861 g/mol. The van der Waals surface area contributed by atoms with E-state index < -0.39 is 6.10 Å². The molecule has 7 nitrogen and oxygen atoms in total. The summed E-state index contributed by atoms with van der Waals surface area (Å²) in [5, 5.41) is 15.1. The number of aliphatic hydroxyl groups is 1. The van der Waals surface area contributed by atoms with Crippen LogP contribution in [0.3, 0.4) is 0 Å². The van der Waals surface area contributed by atoms with Crippen molar-refractivity contribution < 1.29 is 54.9 Å². The molecule has 0 spiro atoms. The van der Waals surface area contributed by atoms with Crippen LogP contribution >= 0.6 is 11.6 Å². The summed E-state index contributed by atoms with van der Waals surface area (Å²) < 4.78 is 24.4. The Morgan fingerprint density at radius 3 is 2.49 bits per heavy atom. The topological polar surface area (TPSA) is 86.8 Å². The number of rotatable bonds is 16. The maximum Gasteiger partial charge on any atom is 2.00 e. The molecule has 2 atom stereocenters. The molecule has 0 saturated heterocycles. The molecule has 0 bridgehead atoms. The number of aryl methyl sites for hydroxylation is 1. The average Bonchev–Trinajstić information content (AvgIpc) is 3.35. The third kappa shape index (κ3) is 11.1. The van der Waals surface area contributed by atoms with Crippen molar-refractivity contribution in [1.29, 1.82) is 0 Å². The standard InChI is InChI=1S/C34H40ClFN3O4.CH3.U/c1-4-6-29-31-19-24(35)9-16-32(31)38-34(29)30(20-33(41)37-26-12-10-25(36)11-13-26)23-7-14-28(15-8-23)43-22-27(40)21-39(5-2)17-18-42-3;;/h7-16,19,27,30,38,40H,2,4-6,17-18,20-22H2,1,3H3,(H,37,41);1H3;/q2*-1;+2. The molecule has 4 aromatic rings. The molecule has 0 aliphatic rings. The van der Waals surface area contributed by atoms with Gasteiger partial charge in [-0.2, -0.15) is 0 Å². The van der Waals surface area contributed by atoms with Crippen molar-refractivity contribution in [3.05, 3.63) is 109 Å². The number of hydrogen-bond donors (Lipinski definition) is 3. The molecule has 2 unspecified atom stereocenters. The predicted octanol–water partition coefficient (Wildman–Crippen LogP) is 7.05. The van der Waals surface area contributed by atoms with Crippen LogP contribution in [0.2, 0.25) is 5.02 Å². The minimum atomic E-state index is -0.684. The van der Waals surface area contributed by atoms with Gasteiger partial charge in [0.2, 0.25) is 5.91 Å². The molecule has 0 aliphatic heterocycles. The zero-order valence-corrected chi connectivity index (χ0v) is 31.2. The summed E-state index contributed by atoms with van der Waals surface area (Å²) in [7, 11) is 1.64. The Morgan fingerprint density at radius 1 is 1.13 bits per heavy atom. The number of fused-ring (bicyclic) bond motifs is 1. The molecule has 4 rings (SSSR count). The number of hydrogen-bond acceptors (Lipinski definition) is 5. The third-order valence-electron chi connectivity index (χ3n) is 7.39. The van der Waals surface area contributed by atoms with E-state index >= 15 is 0 Å². The largest absolute Gasteiger partial charge is 2.00 e. The molecule has 1 aromatic heterocycles. The van der Waals surface area contributed by atoms with Crippen LogP contribution in [-0.4, -0.2) is 67.0 Å². The second-order valence-electron chi connectivity index (χ2n) is 10.6. The zero-order chi connectivity index (χ0) is 30.8. The molecule has 0 aliphatic carbocycles. The summed E-state index contributed by atoms with van der Waals surface area (Å²) in [5.41, 5.74) is 4.51. The van der Waals surface area contributed by atoms with Crippen LogP contribution in [0.4, 0.5) is 10.1 Å². The van der Waals surface area contributed by atoms with Gasteiger partial charge in [-0.25, -0.2) is 4.39 Å². The normalized spacial score (nSPS) is 12.3. The number of H-pyrrole nitrogens is 1. The summed E-state index contributed by atoms with van der Waals surface area (Å²) in [6, 6.07) is 19.1. The Morgan fingerprint density at radius 2 is 1.84 bits per heavy atom. The van der Waals surface area contributed by atoms with E-state index in [-0.39, 0.29) is 69.2 Å². The number of anilines is 1. The van der Waals surface area contributed by atoms with E-state index in [1.54, 1.807) is 19.2 Å². The van der Waals surface area contributed by atoms with Crippen molar-refractivity contribution in [1.82, 2.24) is 9.88 Å². The number of carbonyl (C=O) groups is 1. The van der Waals surface area contributed by atoms with Gasteiger partial charge >= 0.3 is 31.1 Å². The van der Waals surface area contributed by atoms with Crippen molar-refractivity contribution in [2.75, 3.05) is 45.3 Å². The Labute approximate surface area is 295 Å². The van der Waals surface area contributed by atoms with E-state index in [0.717, 1.165) is 40.6 Å². The molecule has 0 fully saturated rings. The van der Waals surface area contributed by atoms with Gasteiger partial charge in [-0.15, -0.1) is 6.54 Å². The van der Waals surface area contributed by atoms with Gasteiger partial charge in [-0.05, 0) is 72.1 Å². The number of nitrogens with zero attached hydrogens (tertiary/aromatic N) is 1. The van der Waals surface area contributed by atoms with E-state index in [1.165, 1.54) is 12.1 Å². The van der Waals surface area contributed by atoms with Crippen LogP contribution in [0.5, 0.6) is 5.75 Å². The van der Waals surface area contributed by atoms with Crippen LogP contribution in [0.25, 0.3) is 10.9 Å². The van der Waals surface area contributed by atoms with Gasteiger partial charge in [-0.3, -0.25) is 4.79 Å². The summed E-state index contributed by atoms with van der Waals surface area (Å²) in [5.74, 6) is -0.230. The second-order valence-corrected chi connectivity index (χ2v) is 11.0. The molecular weight excluding hydrogens is 819 g/mol. The van der Waals surface area contributed by atoms with E-state index in [1.807, 2.05) is 47.4 Å². The third-order valence-corrected chi connectivity index (χ3v) is 7.62. The number of benzene rings is 3. The molecule has 1 heterocycles. The number of aliphatic hydroxyl groups excluding tert-OH is 1. The molecule has 1 amide bonds. The Bertz CT molecular complexity index is 1470. The van der Waals surface area contributed by atoms with Crippen molar-refractivity contribution in [3.8, 4) is 5.75 Å². The Balaban J connectivity index is 0.00000353. The van der Waals surface area contributed by atoms with E-state index in [4.69, 9.17) is 21.1 Å². The van der Waals surface area contributed by atoms with Gasteiger partial charge in [0.05, 0.1) is 6.61 Å². The molecule has 0 saturated carbocycles. The Kier molecular flexibility index (Phi) is 16.7. The van der Waals surface area contributed by atoms with Gasteiger partial charge in [-0.1, -0.05) is 37.1 Å². The van der Waals surface area contributed by atoms with Crippen molar-refractivity contribution in [2.24, 2.45) is 0 Å². The first-order valence-corrected chi connectivity index (χ1v) is 15.0. The number of halogens is 2. The molecule has 45 heavy (non-hydrogen) atoms. The van der Waals surface area contributed by atoms with Crippen LogP contribution < -0.4 is 10.1 Å². The molecular formula is C35H43ClFN3O4U. The smallest absolute Gasteiger partial charge is 0.491 e. The zero-order valence-electron chi connectivity index (χ0n) is 26.2. The van der Waals surface area contributed by atoms with Gasteiger partial charge < -0.3 is 44.1 Å². The number of amides is 1. The van der Waals surface area contributed by atoms with Crippen molar-refractivity contribution in [2.45, 2.75) is 38.2 Å². The first kappa shape index (κ1) is 38.8. The quantitative estimate of drug-likeness (QED) is 0.105. The van der Waals surface area contributed by atoms with Crippen molar-refractivity contribution >= 4 is 34.1 Å². The number of aromatic nitrogens is 1. The first-order chi connectivity index (χ1) is 20.8. The molecule has 240 valence electrons. The van der Waals surface area contributed by atoms with Crippen LogP contribution in [-0.2, 0) is 16.0 Å². The van der Waals surface area contributed by atoms with Gasteiger partial charge in [0, 0.05) is 59.8 Å². The van der Waals surface area contributed by atoms with Crippen LogP contribution in [0, 0.1) is 51.3 Å². The summed E-state index contributed by atoms with van der Waals surface area (Å²) in [6.07, 6.45) is 1.22. The molecule has 0 radical (unpaired) electrons. The summed E-state index contributed by atoms with van der Waals surface area (Å²) in [4.78, 5) is 18.9. The number of carbonyl (C=O) groups excluding carboxylic acids is 1.